The summed E-state index contributed by atoms with van der Waals surface area (Å²) >= 11 is 0. The molecule has 14 heavy (non-hydrogen) atoms. The summed E-state index contributed by atoms with van der Waals surface area (Å²) in [5.41, 5.74) is 0.589. The molecule has 0 aliphatic rings. The highest BCUT2D eigenvalue weighted by molar-refractivity contribution is 6.40. The van der Waals surface area contributed by atoms with Gasteiger partial charge in [-0.2, -0.15) is 0 Å². The summed E-state index contributed by atoms with van der Waals surface area (Å²) in [4.78, 5) is 22.1. The highest BCUT2D eigenvalue weighted by Gasteiger charge is 2.17. The number of methoxy groups -OCH3 is 1. The van der Waals surface area contributed by atoms with Gasteiger partial charge in [0.15, 0.2) is 0 Å². The minimum atomic E-state index is -0.991. The Morgan fingerprint density at radius 1 is 1.29 bits per heavy atom. The fourth-order valence-electron chi connectivity index (χ4n) is 1.08. The zero-order valence-corrected chi connectivity index (χ0v) is 7.83. The van der Waals surface area contributed by atoms with Crippen molar-refractivity contribution < 1.29 is 18.7 Å². The summed E-state index contributed by atoms with van der Waals surface area (Å²) in [7, 11) is 1.10. The molecule has 0 saturated carbocycles. The van der Waals surface area contributed by atoms with Crippen molar-refractivity contribution in [2.24, 2.45) is 0 Å². The lowest BCUT2D eigenvalue weighted by molar-refractivity contribution is -0.135. The second-order valence-corrected chi connectivity index (χ2v) is 2.84. The van der Waals surface area contributed by atoms with E-state index in [1.165, 1.54) is 12.1 Å². The molecule has 4 heteroatoms. The zero-order valence-electron chi connectivity index (χ0n) is 7.83. The lowest BCUT2D eigenvalue weighted by atomic mass is 10.1. The number of halogens is 1. The minimum absolute atomic E-state index is 0.00866. The second-order valence-electron chi connectivity index (χ2n) is 2.84. The van der Waals surface area contributed by atoms with E-state index in [2.05, 4.69) is 4.74 Å². The number of Topliss-reactive ketones (excluding diaryl/α,β-unsaturated/α-hetero) is 1. The fourth-order valence-corrected chi connectivity index (χ4v) is 1.08. The van der Waals surface area contributed by atoms with Crippen LogP contribution in [0.4, 0.5) is 4.39 Å². The number of esters is 1. The maximum atomic E-state index is 12.9. The molecular weight excluding hydrogens is 187 g/mol. The standard InChI is InChI=1S/C10H9FO3/c1-6-3-7(5-8(11)4-6)9(12)10(13)14-2/h3-5H,1-2H3. The van der Waals surface area contributed by atoms with Gasteiger partial charge in [-0.3, -0.25) is 4.79 Å². The molecule has 0 aliphatic carbocycles. The first-order chi connectivity index (χ1) is 6.54. The van der Waals surface area contributed by atoms with E-state index in [1.54, 1.807) is 6.92 Å². The van der Waals surface area contributed by atoms with Gasteiger partial charge in [-0.15, -0.1) is 0 Å². The van der Waals surface area contributed by atoms with Crippen LogP contribution < -0.4 is 0 Å². The van der Waals surface area contributed by atoms with Gasteiger partial charge in [0.05, 0.1) is 7.11 Å². The summed E-state index contributed by atoms with van der Waals surface area (Å²) in [5.74, 6) is -2.37. The van der Waals surface area contributed by atoms with Crippen LogP contribution in [0, 0.1) is 12.7 Å². The van der Waals surface area contributed by atoms with E-state index >= 15 is 0 Å². The molecule has 1 aromatic carbocycles. The van der Waals surface area contributed by atoms with E-state index in [-0.39, 0.29) is 5.56 Å². The highest BCUT2D eigenvalue weighted by atomic mass is 19.1. The third-order valence-corrected chi connectivity index (χ3v) is 1.68. The number of rotatable bonds is 2. The molecule has 0 unspecified atom stereocenters. The van der Waals surface area contributed by atoms with Crippen LogP contribution in [0.5, 0.6) is 0 Å². The molecule has 0 fully saturated rings. The lowest BCUT2D eigenvalue weighted by Crippen LogP contribution is -2.15. The molecule has 0 aliphatic heterocycles. The Hall–Kier alpha value is -1.71. The van der Waals surface area contributed by atoms with Crippen molar-refractivity contribution in [2.45, 2.75) is 6.92 Å². The Morgan fingerprint density at radius 3 is 2.43 bits per heavy atom. The topological polar surface area (TPSA) is 43.4 Å². The predicted molar refractivity (Wildman–Crippen MR) is 47.5 cm³/mol. The summed E-state index contributed by atoms with van der Waals surface area (Å²) in [5, 5.41) is 0. The van der Waals surface area contributed by atoms with E-state index in [1.807, 2.05) is 0 Å². The van der Waals surface area contributed by atoms with Gasteiger partial charge in [0, 0.05) is 5.56 Å². The van der Waals surface area contributed by atoms with Gasteiger partial charge in [0.25, 0.3) is 5.78 Å². The third-order valence-electron chi connectivity index (χ3n) is 1.68. The van der Waals surface area contributed by atoms with Gasteiger partial charge >= 0.3 is 5.97 Å². The monoisotopic (exact) mass is 196 g/mol. The largest absolute Gasteiger partial charge is 0.463 e. The Bertz CT molecular complexity index is 365. The Morgan fingerprint density at radius 2 is 1.93 bits per heavy atom. The highest BCUT2D eigenvalue weighted by Crippen LogP contribution is 2.09. The van der Waals surface area contributed by atoms with Crippen LogP contribution in [0.15, 0.2) is 18.2 Å². The Kier molecular flexibility index (Phi) is 2.96. The maximum Gasteiger partial charge on any atom is 0.379 e. The van der Waals surface area contributed by atoms with E-state index in [0.717, 1.165) is 13.2 Å². The smallest absolute Gasteiger partial charge is 0.379 e. The fraction of sp³-hybridized carbons (Fsp3) is 0.200. The number of hydrogen-bond donors (Lipinski definition) is 0. The average Bonchev–Trinajstić information content (AvgIpc) is 2.14. The second kappa shape index (κ2) is 4.00. The van der Waals surface area contributed by atoms with Crippen molar-refractivity contribution in [1.82, 2.24) is 0 Å². The summed E-state index contributed by atoms with van der Waals surface area (Å²) in [6.07, 6.45) is 0. The number of aryl methyl sites for hydroxylation is 1. The third kappa shape index (κ3) is 2.16. The molecule has 0 radical (unpaired) electrons. The first-order valence-corrected chi connectivity index (χ1v) is 3.94. The molecule has 0 atom stereocenters. The normalized spacial score (nSPS) is 9.64. The molecule has 3 nitrogen and oxygen atoms in total. The van der Waals surface area contributed by atoms with Crippen LogP contribution in [0.25, 0.3) is 0 Å². The molecule has 0 amide bonds. The van der Waals surface area contributed by atoms with Crippen molar-refractivity contribution in [3.8, 4) is 0 Å². The number of benzene rings is 1. The number of ether oxygens (including phenoxy) is 1. The van der Waals surface area contributed by atoms with Crippen molar-refractivity contribution in [3.63, 3.8) is 0 Å². The molecule has 1 aromatic rings. The Balaban J connectivity index is 3.07. The zero-order chi connectivity index (χ0) is 10.7. The van der Waals surface area contributed by atoms with Crippen molar-refractivity contribution in [3.05, 3.63) is 35.1 Å². The van der Waals surface area contributed by atoms with Crippen LogP contribution >= 0.6 is 0 Å². The number of ketones is 1. The Labute approximate surface area is 80.5 Å². The SMILES string of the molecule is COC(=O)C(=O)c1cc(C)cc(F)c1. The number of carbonyl (C=O) groups excluding carboxylic acids is 2. The van der Waals surface area contributed by atoms with Crippen molar-refractivity contribution in [2.75, 3.05) is 7.11 Å². The van der Waals surface area contributed by atoms with E-state index in [0.29, 0.717) is 5.56 Å². The molecule has 0 spiro atoms. The first kappa shape index (κ1) is 10.4. The molecular formula is C10H9FO3. The van der Waals surface area contributed by atoms with Crippen molar-refractivity contribution in [1.29, 1.82) is 0 Å². The van der Waals surface area contributed by atoms with Gasteiger partial charge in [-0.1, -0.05) is 0 Å². The van der Waals surface area contributed by atoms with Crippen LogP contribution in [0.2, 0.25) is 0 Å². The average molecular weight is 196 g/mol. The van der Waals surface area contributed by atoms with Crippen molar-refractivity contribution >= 4 is 11.8 Å². The van der Waals surface area contributed by atoms with Gasteiger partial charge in [-0.05, 0) is 30.7 Å². The van der Waals surface area contributed by atoms with Crippen LogP contribution in [0.3, 0.4) is 0 Å². The van der Waals surface area contributed by atoms with E-state index < -0.39 is 17.6 Å². The van der Waals surface area contributed by atoms with Gasteiger partial charge in [-0.25, -0.2) is 9.18 Å². The molecule has 0 bridgehead atoms. The lowest BCUT2D eigenvalue weighted by Gasteiger charge is -2.00. The van der Waals surface area contributed by atoms with Crippen LogP contribution in [0.1, 0.15) is 15.9 Å². The number of hydrogen-bond acceptors (Lipinski definition) is 3. The van der Waals surface area contributed by atoms with Crippen LogP contribution in [-0.2, 0) is 9.53 Å². The predicted octanol–water partition coefficient (Wildman–Crippen LogP) is 1.49. The van der Waals surface area contributed by atoms with E-state index in [9.17, 15) is 14.0 Å². The number of carbonyl (C=O) groups is 2. The summed E-state index contributed by atoms with van der Waals surface area (Å²) in [6, 6.07) is 3.71. The quantitative estimate of drug-likeness (QED) is 0.409. The molecule has 0 saturated heterocycles. The molecule has 74 valence electrons. The molecule has 0 aromatic heterocycles. The minimum Gasteiger partial charge on any atom is -0.463 e. The summed E-state index contributed by atoms with van der Waals surface area (Å²) in [6.45, 7) is 1.64. The summed E-state index contributed by atoms with van der Waals surface area (Å²) < 4.78 is 17.1. The van der Waals surface area contributed by atoms with Gasteiger partial charge in [0.1, 0.15) is 5.82 Å². The molecule has 1 rings (SSSR count). The maximum absolute atomic E-state index is 12.9. The van der Waals surface area contributed by atoms with E-state index in [4.69, 9.17) is 0 Å². The molecule has 0 heterocycles. The van der Waals surface area contributed by atoms with Gasteiger partial charge < -0.3 is 4.74 Å². The molecule has 0 N–H and O–H groups in total. The first-order valence-electron chi connectivity index (χ1n) is 3.94. The van der Waals surface area contributed by atoms with Crippen LogP contribution in [-0.4, -0.2) is 18.9 Å². The van der Waals surface area contributed by atoms with Gasteiger partial charge in [0.2, 0.25) is 0 Å².